The normalized spacial score (nSPS) is 15.7. The van der Waals surface area contributed by atoms with Gasteiger partial charge in [0.2, 0.25) is 0 Å². The number of amidine groups is 1. The Bertz CT molecular complexity index is 377. The second-order valence-electron chi connectivity index (χ2n) is 3.36. The number of rotatable bonds is 3. The molecule has 1 saturated heterocycles. The molecule has 0 aromatic heterocycles. The second kappa shape index (κ2) is 4.49. The highest BCUT2D eigenvalue weighted by atomic mass is 32.2. The smallest absolute Gasteiger partial charge is 0.182 e. The molecule has 2 rings (SSSR count). The average Bonchev–Trinajstić information content (AvgIpc) is 2.66. The maximum absolute atomic E-state index is 11.8. The molecule has 0 atom stereocenters. The molecule has 0 unspecified atom stereocenters. The summed E-state index contributed by atoms with van der Waals surface area (Å²) < 4.78 is 0. The number of nitrogens with zero attached hydrogens (tertiary/aromatic N) is 1. The summed E-state index contributed by atoms with van der Waals surface area (Å²) in [6, 6.07) is 9.24. The van der Waals surface area contributed by atoms with Crippen molar-refractivity contribution < 1.29 is 4.79 Å². The minimum absolute atomic E-state index is 0.0860. The molecule has 4 heteroatoms. The Balaban J connectivity index is 2.01. The third-order valence-corrected chi connectivity index (χ3v) is 3.24. The maximum atomic E-state index is 11.8. The van der Waals surface area contributed by atoms with E-state index in [0.717, 1.165) is 17.9 Å². The van der Waals surface area contributed by atoms with Crippen molar-refractivity contribution in [3.8, 4) is 0 Å². The zero-order chi connectivity index (χ0) is 10.7. The topological polar surface area (TPSA) is 44.2 Å². The van der Waals surface area contributed by atoms with Crippen LogP contribution < -0.4 is 0 Å². The van der Waals surface area contributed by atoms with Gasteiger partial charge in [0.15, 0.2) is 11.0 Å². The summed E-state index contributed by atoms with van der Waals surface area (Å²) >= 11 is 1.50. The van der Waals surface area contributed by atoms with Gasteiger partial charge in [-0.2, -0.15) is 0 Å². The fourth-order valence-corrected chi connectivity index (χ4v) is 2.33. The Morgan fingerprint density at radius 2 is 2.13 bits per heavy atom. The zero-order valence-corrected chi connectivity index (χ0v) is 9.09. The van der Waals surface area contributed by atoms with Crippen molar-refractivity contribution in [1.29, 1.82) is 5.41 Å². The number of carbonyl (C=O) groups is 1. The minimum atomic E-state index is 0.0860. The SMILES string of the molecule is N=C1SCCN1CC(=O)[13c]1[13cH][13cH][13cH][13cH][13cH]1. The number of carbonyl (C=O) groups excluding carboxylic acids is 1. The molecule has 1 aliphatic heterocycles. The lowest BCUT2D eigenvalue weighted by Crippen LogP contribution is -2.30. The van der Waals surface area contributed by atoms with E-state index < -0.39 is 0 Å². The first-order chi connectivity index (χ1) is 7.27. The van der Waals surface area contributed by atoms with Crippen molar-refractivity contribution in [2.24, 2.45) is 0 Å². The lowest BCUT2D eigenvalue weighted by molar-refractivity contribution is 0.0966. The number of thioether (sulfide) groups is 1. The van der Waals surface area contributed by atoms with E-state index in [1.54, 1.807) is 0 Å². The van der Waals surface area contributed by atoms with Crippen LogP contribution in [0, 0.1) is 5.41 Å². The van der Waals surface area contributed by atoms with E-state index >= 15 is 0 Å². The van der Waals surface area contributed by atoms with Crippen LogP contribution >= 0.6 is 11.8 Å². The number of hydrogen-bond donors (Lipinski definition) is 1. The number of benzene rings is 1. The molecule has 1 N–H and O–H groups in total. The van der Waals surface area contributed by atoms with Crippen molar-refractivity contribution in [1.82, 2.24) is 4.90 Å². The molecular formula is C11H12N2OS. The molecule has 0 saturated carbocycles. The zero-order valence-electron chi connectivity index (χ0n) is 8.27. The summed E-state index contributed by atoms with van der Waals surface area (Å²) in [6.07, 6.45) is 0. The predicted molar refractivity (Wildman–Crippen MR) is 62.5 cm³/mol. The first-order valence-corrected chi connectivity index (χ1v) is 5.80. The van der Waals surface area contributed by atoms with Crippen LogP contribution in [-0.2, 0) is 0 Å². The van der Waals surface area contributed by atoms with Crippen molar-refractivity contribution in [2.75, 3.05) is 18.8 Å². The van der Waals surface area contributed by atoms with Gasteiger partial charge in [0.05, 0.1) is 6.54 Å². The summed E-state index contributed by atoms with van der Waals surface area (Å²) in [5, 5.41) is 8.11. The molecule has 1 fully saturated rings. The Morgan fingerprint density at radius 1 is 1.40 bits per heavy atom. The van der Waals surface area contributed by atoms with Crippen LogP contribution in [0.3, 0.4) is 0 Å². The highest BCUT2D eigenvalue weighted by Crippen LogP contribution is 2.16. The van der Waals surface area contributed by atoms with E-state index in [4.69, 9.17) is 5.41 Å². The molecule has 1 heterocycles. The summed E-state index contributed by atoms with van der Waals surface area (Å²) in [5.74, 6) is 1.00. The Morgan fingerprint density at radius 3 is 2.73 bits per heavy atom. The van der Waals surface area contributed by atoms with Gasteiger partial charge in [-0.3, -0.25) is 10.2 Å². The summed E-state index contributed by atoms with van der Waals surface area (Å²) in [7, 11) is 0. The second-order valence-corrected chi connectivity index (χ2v) is 4.45. The van der Waals surface area contributed by atoms with Crippen LogP contribution in [0.25, 0.3) is 0 Å². The monoisotopic (exact) mass is 226 g/mol. The highest BCUT2D eigenvalue weighted by molar-refractivity contribution is 8.14. The number of hydrogen-bond acceptors (Lipinski definition) is 3. The lowest BCUT2D eigenvalue weighted by Gasteiger charge is -2.15. The highest BCUT2D eigenvalue weighted by Gasteiger charge is 2.20. The molecule has 1 aromatic carbocycles. The number of ketones is 1. The van der Waals surface area contributed by atoms with E-state index in [1.165, 1.54) is 11.8 Å². The van der Waals surface area contributed by atoms with Gasteiger partial charge < -0.3 is 4.90 Å². The van der Waals surface area contributed by atoms with E-state index in [1.807, 2.05) is 35.2 Å². The van der Waals surface area contributed by atoms with Crippen molar-refractivity contribution >= 4 is 22.7 Å². The first kappa shape index (κ1) is 10.2. The fraction of sp³-hybridized carbons (Fsp3) is 0.273. The van der Waals surface area contributed by atoms with Gasteiger partial charge >= 0.3 is 0 Å². The molecule has 0 radical (unpaired) electrons. The van der Waals surface area contributed by atoms with Gasteiger partial charge in [0.1, 0.15) is 0 Å². The quantitative estimate of drug-likeness (QED) is 0.800. The van der Waals surface area contributed by atoms with Gasteiger partial charge in [-0.15, -0.1) is 0 Å². The largest absolute Gasteiger partial charge is 0.343 e. The van der Waals surface area contributed by atoms with E-state index in [0.29, 0.717) is 11.7 Å². The summed E-state index contributed by atoms with van der Waals surface area (Å²) in [5.41, 5.74) is 0.724. The molecular weight excluding hydrogens is 214 g/mol. The molecule has 0 amide bonds. The van der Waals surface area contributed by atoms with E-state index in [-0.39, 0.29) is 5.78 Å². The predicted octanol–water partition coefficient (Wildman–Crippen LogP) is 1.85. The summed E-state index contributed by atoms with van der Waals surface area (Å²) in [6.45, 7) is 1.14. The van der Waals surface area contributed by atoms with Crippen LogP contribution in [0.2, 0.25) is 0 Å². The van der Waals surface area contributed by atoms with Gasteiger partial charge in [-0.05, 0) is 0 Å². The first-order valence-electron chi connectivity index (χ1n) is 4.82. The molecule has 15 heavy (non-hydrogen) atoms. The van der Waals surface area contributed by atoms with Crippen LogP contribution in [0.5, 0.6) is 0 Å². The Kier molecular flexibility index (Phi) is 3.06. The molecule has 0 bridgehead atoms. The van der Waals surface area contributed by atoms with E-state index in [2.05, 4.69) is 0 Å². The van der Waals surface area contributed by atoms with Crippen LogP contribution in [-0.4, -0.2) is 34.7 Å². The van der Waals surface area contributed by atoms with Gasteiger partial charge in [0.25, 0.3) is 0 Å². The van der Waals surface area contributed by atoms with Crippen LogP contribution in [0.4, 0.5) is 0 Å². The minimum Gasteiger partial charge on any atom is -0.343 e. The number of Topliss-reactive ketones (excluding diaryl/α,β-unsaturated/α-hetero) is 1. The average molecular weight is 226 g/mol. The molecule has 0 aliphatic carbocycles. The Hall–Kier alpha value is -1.29. The fourth-order valence-electron chi connectivity index (χ4n) is 1.48. The van der Waals surface area contributed by atoms with Gasteiger partial charge in [0, 0.05) is 17.9 Å². The van der Waals surface area contributed by atoms with E-state index in [9.17, 15) is 4.79 Å². The third-order valence-electron chi connectivity index (χ3n) is 2.32. The van der Waals surface area contributed by atoms with Crippen molar-refractivity contribution in [3.05, 3.63) is 35.9 Å². The van der Waals surface area contributed by atoms with Crippen molar-refractivity contribution in [2.45, 2.75) is 0 Å². The molecule has 3 nitrogen and oxygen atoms in total. The van der Waals surface area contributed by atoms with Crippen LogP contribution in [0.1, 0.15) is 10.4 Å². The summed E-state index contributed by atoms with van der Waals surface area (Å²) in [4.78, 5) is 13.6. The van der Waals surface area contributed by atoms with Crippen LogP contribution in [0.15, 0.2) is 30.3 Å². The molecule has 0 spiro atoms. The van der Waals surface area contributed by atoms with Gasteiger partial charge in [-0.25, -0.2) is 0 Å². The molecule has 1 aromatic rings. The standard InChI is InChI=1S/C11H12N2OS/c12-11-13(6-7-15-11)8-10(14)9-4-2-1-3-5-9/h1-5,12H,6-8H2/i1+1,2+1,3+1,4+1,5+1,9+1. The van der Waals surface area contributed by atoms with Crippen molar-refractivity contribution in [3.63, 3.8) is 0 Å². The molecule has 78 valence electrons. The Labute approximate surface area is 93.0 Å². The maximum Gasteiger partial charge on any atom is 0.182 e. The third kappa shape index (κ3) is 2.39. The lowest BCUT2D eigenvalue weighted by atomic mass is 10.4. The van der Waals surface area contributed by atoms with Gasteiger partial charge in [-0.1, -0.05) is 42.1 Å². The molecule has 1 aliphatic rings. The number of nitrogens with one attached hydrogen (secondary N) is 1.